The Morgan fingerprint density at radius 1 is 0.921 bits per heavy atom. The molecule has 226 valence electrons. The SMILES string of the molecule is CNC1C(O)C(OC2C(N)CC(N)C(OC3OC(CN)C(O)C(O)C3O)C2O)OCC1(C)O.O=S(=O)(O)O. The zero-order valence-corrected chi connectivity index (χ0v) is 21.6. The Morgan fingerprint density at radius 2 is 1.42 bits per heavy atom. The Labute approximate surface area is 219 Å². The lowest BCUT2D eigenvalue weighted by Crippen LogP contribution is -2.69. The summed E-state index contributed by atoms with van der Waals surface area (Å²) in [4.78, 5) is 0. The van der Waals surface area contributed by atoms with Crippen LogP contribution in [0, 0.1) is 0 Å². The summed E-state index contributed by atoms with van der Waals surface area (Å²) < 4.78 is 54.1. The van der Waals surface area contributed by atoms with Gasteiger partial charge in [0.2, 0.25) is 0 Å². The molecule has 0 amide bonds. The van der Waals surface area contributed by atoms with E-state index < -0.39 is 95.5 Å². The lowest BCUT2D eigenvalue weighted by atomic mass is 9.84. The van der Waals surface area contributed by atoms with Crippen molar-refractivity contribution in [3.8, 4) is 0 Å². The fraction of sp³-hybridized carbons (Fsp3) is 1.00. The average Bonchev–Trinajstić information content (AvgIpc) is 2.79. The first-order chi connectivity index (χ1) is 17.4. The molecule has 3 aliphatic rings. The standard InChI is InChI=1S/C19H38N4O10.H2O4S/c1-19(29)5-30-17(13(28)16(19)23-2)32-14-6(21)3-7(22)15(12(14)27)33-18-11(26)10(25)9(24)8(4-20)31-18;1-5(2,3)4/h6-18,23-29H,3-5,20-22H2,1-2H3;(H2,1,2,3,4). The Hall–Kier alpha value is -0.690. The first-order valence-corrected chi connectivity index (χ1v) is 13.1. The monoisotopic (exact) mass is 580 g/mol. The molecule has 2 saturated heterocycles. The van der Waals surface area contributed by atoms with Crippen LogP contribution in [0.2, 0.25) is 0 Å². The van der Waals surface area contributed by atoms with Gasteiger partial charge in [0, 0.05) is 18.6 Å². The number of nitrogens with one attached hydrogen (secondary N) is 1. The Balaban J connectivity index is 0.000000926. The van der Waals surface area contributed by atoms with Gasteiger partial charge in [0.1, 0.15) is 54.4 Å². The van der Waals surface area contributed by atoms with E-state index >= 15 is 0 Å². The van der Waals surface area contributed by atoms with E-state index in [2.05, 4.69) is 5.32 Å². The number of aliphatic hydroxyl groups is 6. The van der Waals surface area contributed by atoms with Gasteiger partial charge in [0.15, 0.2) is 12.6 Å². The number of nitrogens with two attached hydrogens (primary N) is 3. The average molecular weight is 581 g/mol. The van der Waals surface area contributed by atoms with Gasteiger partial charge in [-0.15, -0.1) is 0 Å². The third-order valence-electron chi connectivity index (χ3n) is 6.69. The minimum Gasteiger partial charge on any atom is -0.388 e. The number of rotatable bonds is 6. The molecule has 2 heterocycles. The quantitative estimate of drug-likeness (QED) is 0.130. The van der Waals surface area contributed by atoms with Crippen molar-refractivity contribution in [2.24, 2.45) is 17.2 Å². The third-order valence-corrected chi connectivity index (χ3v) is 6.69. The number of hydrogen-bond acceptors (Lipinski definition) is 16. The van der Waals surface area contributed by atoms with Gasteiger partial charge in [-0.3, -0.25) is 9.11 Å². The van der Waals surface area contributed by atoms with E-state index in [4.69, 9.17) is 53.7 Å². The zero-order valence-electron chi connectivity index (χ0n) is 20.8. The molecular weight excluding hydrogens is 540 g/mol. The van der Waals surface area contributed by atoms with Crippen molar-refractivity contribution < 1.29 is 67.1 Å². The molecule has 0 aromatic rings. The molecule has 0 aromatic carbocycles. The molecule has 15 N–H and O–H groups in total. The van der Waals surface area contributed by atoms with Crippen LogP contribution >= 0.6 is 0 Å². The van der Waals surface area contributed by atoms with Gasteiger partial charge in [-0.1, -0.05) is 0 Å². The normalized spacial score (nSPS) is 48.2. The second-order valence-electron chi connectivity index (χ2n) is 9.75. The van der Waals surface area contributed by atoms with Crippen LogP contribution in [0.5, 0.6) is 0 Å². The van der Waals surface area contributed by atoms with E-state index in [9.17, 15) is 30.6 Å². The van der Waals surface area contributed by atoms with Crippen LogP contribution in [0.1, 0.15) is 13.3 Å². The third kappa shape index (κ3) is 8.17. The largest absolute Gasteiger partial charge is 0.394 e. The van der Waals surface area contributed by atoms with Crippen LogP contribution in [-0.2, 0) is 29.3 Å². The van der Waals surface area contributed by atoms with Crippen molar-refractivity contribution in [3.05, 3.63) is 0 Å². The van der Waals surface area contributed by atoms with Gasteiger partial charge in [0.25, 0.3) is 0 Å². The molecule has 38 heavy (non-hydrogen) atoms. The van der Waals surface area contributed by atoms with Crippen molar-refractivity contribution in [2.75, 3.05) is 20.2 Å². The maximum Gasteiger partial charge on any atom is 0.394 e. The highest BCUT2D eigenvalue weighted by Gasteiger charge is 2.52. The van der Waals surface area contributed by atoms with Crippen LogP contribution in [-0.4, -0.2) is 154 Å². The molecule has 0 spiro atoms. The summed E-state index contributed by atoms with van der Waals surface area (Å²) >= 11 is 0. The first-order valence-electron chi connectivity index (χ1n) is 11.7. The molecule has 3 fully saturated rings. The van der Waals surface area contributed by atoms with Crippen LogP contribution in [0.25, 0.3) is 0 Å². The van der Waals surface area contributed by atoms with Crippen LogP contribution < -0.4 is 22.5 Å². The van der Waals surface area contributed by atoms with E-state index in [-0.39, 0.29) is 19.6 Å². The predicted octanol–water partition coefficient (Wildman–Crippen LogP) is -6.65. The van der Waals surface area contributed by atoms with E-state index in [1.165, 1.54) is 6.92 Å². The zero-order chi connectivity index (χ0) is 29.2. The van der Waals surface area contributed by atoms with Gasteiger partial charge in [-0.2, -0.15) is 8.42 Å². The van der Waals surface area contributed by atoms with Gasteiger partial charge < -0.3 is 72.1 Å². The lowest BCUT2D eigenvalue weighted by Gasteiger charge is -2.48. The second kappa shape index (κ2) is 13.3. The molecule has 0 aromatic heterocycles. The number of ether oxygens (including phenoxy) is 4. The summed E-state index contributed by atoms with van der Waals surface area (Å²) in [6.45, 7) is 1.22. The maximum atomic E-state index is 11.0. The summed E-state index contributed by atoms with van der Waals surface area (Å²) in [7, 11) is -3.09. The van der Waals surface area contributed by atoms with E-state index in [0.29, 0.717) is 0 Å². The predicted molar refractivity (Wildman–Crippen MR) is 125 cm³/mol. The van der Waals surface area contributed by atoms with Gasteiger partial charge >= 0.3 is 10.4 Å². The number of likely N-dealkylation sites (N-methyl/N-ethyl adjacent to an activating group) is 1. The Morgan fingerprint density at radius 3 is 1.89 bits per heavy atom. The number of aliphatic hydroxyl groups excluding tert-OH is 5. The van der Waals surface area contributed by atoms with Crippen molar-refractivity contribution in [1.82, 2.24) is 5.32 Å². The molecular formula is C19H40N4O14S. The minimum absolute atomic E-state index is 0.138. The Bertz CT molecular complexity index is 845. The fourth-order valence-electron chi connectivity index (χ4n) is 4.74. The summed E-state index contributed by atoms with van der Waals surface area (Å²) in [6, 6.07) is -2.30. The summed E-state index contributed by atoms with van der Waals surface area (Å²) in [6.07, 6.45) is -13.0. The maximum absolute atomic E-state index is 11.0. The fourth-order valence-corrected chi connectivity index (χ4v) is 4.74. The smallest absolute Gasteiger partial charge is 0.388 e. The van der Waals surface area contributed by atoms with E-state index in [1.807, 2.05) is 0 Å². The highest BCUT2D eigenvalue weighted by molar-refractivity contribution is 7.79. The highest BCUT2D eigenvalue weighted by Crippen LogP contribution is 2.31. The summed E-state index contributed by atoms with van der Waals surface area (Å²) in [5.74, 6) is 0. The van der Waals surface area contributed by atoms with Crippen LogP contribution in [0.15, 0.2) is 0 Å². The molecule has 1 aliphatic carbocycles. The number of hydrogen-bond donors (Lipinski definition) is 12. The molecule has 2 aliphatic heterocycles. The Kier molecular flexibility index (Phi) is 11.7. The van der Waals surface area contributed by atoms with Crippen LogP contribution in [0.3, 0.4) is 0 Å². The van der Waals surface area contributed by atoms with E-state index in [0.717, 1.165) is 0 Å². The molecule has 1 saturated carbocycles. The van der Waals surface area contributed by atoms with Gasteiger partial charge in [-0.25, -0.2) is 0 Å². The molecule has 0 bridgehead atoms. The molecule has 14 atom stereocenters. The molecule has 19 heteroatoms. The van der Waals surface area contributed by atoms with Crippen molar-refractivity contribution in [1.29, 1.82) is 0 Å². The highest BCUT2D eigenvalue weighted by atomic mass is 32.3. The first kappa shape index (κ1) is 33.5. The lowest BCUT2D eigenvalue weighted by molar-refractivity contribution is -0.329. The molecule has 14 unspecified atom stereocenters. The van der Waals surface area contributed by atoms with Crippen molar-refractivity contribution >= 4 is 10.4 Å². The van der Waals surface area contributed by atoms with Crippen molar-refractivity contribution in [3.63, 3.8) is 0 Å². The van der Waals surface area contributed by atoms with Crippen LogP contribution in [0.4, 0.5) is 0 Å². The topological polar surface area (TPSA) is 323 Å². The molecule has 18 nitrogen and oxygen atoms in total. The van der Waals surface area contributed by atoms with E-state index in [1.54, 1.807) is 7.05 Å². The molecule has 0 radical (unpaired) electrons. The van der Waals surface area contributed by atoms with Gasteiger partial charge in [0.05, 0.1) is 12.6 Å². The minimum atomic E-state index is -4.67. The summed E-state index contributed by atoms with van der Waals surface area (Å²) in [5.41, 5.74) is 16.5. The second-order valence-corrected chi connectivity index (χ2v) is 10.6. The molecule has 3 rings (SSSR count). The van der Waals surface area contributed by atoms with Gasteiger partial charge in [-0.05, 0) is 20.4 Å². The summed E-state index contributed by atoms with van der Waals surface area (Å²) in [5, 5.41) is 65.2. The van der Waals surface area contributed by atoms with Crippen molar-refractivity contribution in [2.45, 2.75) is 98.5 Å².